The van der Waals surface area contributed by atoms with Gasteiger partial charge in [0, 0.05) is 5.56 Å². The zero-order valence-electron chi connectivity index (χ0n) is 13.8. The molecule has 0 aliphatic carbocycles. The number of quaternary nitrogens is 1. The third-order valence-corrected chi connectivity index (χ3v) is 5.41. The fourth-order valence-corrected chi connectivity index (χ4v) is 4.74. The van der Waals surface area contributed by atoms with Crippen molar-refractivity contribution in [1.82, 2.24) is 14.7 Å². The summed E-state index contributed by atoms with van der Waals surface area (Å²) in [5.41, 5.74) is 2.04. The number of carbonyl (C=O) groups is 1. The summed E-state index contributed by atoms with van der Waals surface area (Å²) >= 11 is 0. The summed E-state index contributed by atoms with van der Waals surface area (Å²) in [5, 5.41) is 0. The second-order valence-electron chi connectivity index (χ2n) is 7.56. The first-order chi connectivity index (χ1) is 11.2. The Bertz CT molecular complexity index is 631. The van der Waals surface area contributed by atoms with Gasteiger partial charge in [-0.25, -0.2) is 14.7 Å². The van der Waals surface area contributed by atoms with Crippen LogP contribution in [0.4, 0.5) is 0 Å². The van der Waals surface area contributed by atoms with Crippen LogP contribution in [0.3, 0.4) is 0 Å². The maximum absolute atomic E-state index is 12.9. The molecule has 5 aliphatic heterocycles. The Morgan fingerprint density at radius 1 is 1.08 bits per heavy atom. The second kappa shape index (κ2) is 6.07. The number of hydrogen-bond donors (Lipinski definition) is 0. The number of Topliss-reactive ketones (excluding diaryl/α,β-unsaturated/α-hetero) is 1. The van der Waals surface area contributed by atoms with Crippen molar-refractivity contribution in [3.8, 4) is 5.75 Å². The van der Waals surface area contributed by atoms with E-state index in [1.54, 1.807) is 0 Å². The number of benzene rings is 1. The molecule has 0 atom stereocenters. The largest absolute Gasteiger partial charge is 1.00 e. The van der Waals surface area contributed by atoms with Crippen LogP contribution in [-0.4, -0.2) is 78.1 Å². The van der Waals surface area contributed by atoms with E-state index >= 15 is 0 Å². The summed E-state index contributed by atoms with van der Waals surface area (Å²) in [6.45, 7) is 7.58. The van der Waals surface area contributed by atoms with E-state index in [0.717, 1.165) is 75.3 Å². The van der Waals surface area contributed by atoms with Gasteiger partial charge in [-0.2, -0.15) is 0 Å². The van der Waals surface area contributed by atoms with Crippen LogP contribution in [0, 0.1) is 0 Å². The normalized spacial score (nSPS) is 35.8. The highest BCUT2D eigenvalue weighted by Crippen LogP contribution is 2.30. The van der Waals surface area contributed by atoms with Crippen molar-refractivity contribution in [3.63, 3.8) is 0 Å². The predicted molar refractivity (Wildman–Crippen MR) is 84.4 cm³/mol. The number of fused-ring (bicyclic) bond motifs is 1. The molecule has 0 spiro atoms. The summed E-state index contributed by atoms with van der Waals surface area (Å²) in [5.74, 6) is 1.23. The van der Waals surface area contributed by atoms with Crippen molar-refractivity contribution in [2.24, 2.45) is 0 Å². The number of aryl methyl sites for hydroxylation is 1. The fourth-order valence-electron chi connectivity index (χ4n) is 4.74. The molecule has 0 N–H and O–H groups in total. The number of ether oxygens (including phenoxy) is 1. The Labute approximate surface area is 152 Å². The monoisotopic (exact) mass is 394 g/mol. The lowest BCUT2D eigenvalue weighted by molar-refractivity contribution is -0.973. The maximum atomic E-state index is 12.9. The summed E-state index contributed by atoms with van der Waals surface area (Å²) in [6.07, 6.45) is 2.06. The Morgan fingerprint density at radius 3 is 2.42 bits per heavy atom. The number of hydrogen-bond acceptors (Lipinski definition) is 5. The van der Waals surface area contributed by atoms with E-state index < -0.39 is 0 Å². The molecular formula is C17H23BrN4O2. The molecule has 0 saturated carbocycles. The van der Waals surface area contributed by atoms with E-state index in [4.69, 9.17) is 4.74 Å². The lowest BCUT2D eigenvalue weighted by Crippen LogP contribution is -3.00. The second-order valence-corrected chi connectivity index (χ2v) is 7.56. The van der Waals surface area contributed by atoms with Gasteiger partial charge in [0.25, 0.3) is 0 Å². The Morgan fingerprint density at radius 2 is 1.75 bits per heavy atom. The van der Waals surface area contributed by atoms with E-state index in [0.29, 0.717) is 6.54 Å². The van der Waals surface area contributed by atoms with Crippen LogP contribution >= 0.6 is 0 Å². The van der Waals surface area contributed by atoms with Crippen LogP contribution in [0.1, 0.15) is 22.3 Å². The van der Waals surface area contributed by atoms with Crippen molar-refractivity contribution in [3.05, 3.63) is 29.3 Å². The van der Waals surface area contributed by atoms with Crippen molar-refractivity contribution in [1.29, 1.82) is 0 Å². The van der Waals surface area contributed by atoms with Gasteiger partial charge in [-0.05, 0) is 36.6 Å². The van der Waals surface area contributed by atoms with Crippen molar-refractivity contribution in [2.75, 3.05) is 53.2 Å². The van der Waals surface area contributed by atoms with Gasteiger partial charge in [-0.3, -0.25) is 9.28 Å². The third-order valence-electron chi connectivity index (χ3n) is 5.41. The molecule has 0 aromatic heterocycles. The topological polar surface area (TPSA) is 36.0 Å². The highest BCUT2D eigenvalue weighted by atomic mass is 79.9. The van der Waals surface area contributed by atoms with Crippen molar-refractivity contribution in [2.45, 2.75) is 12.8 Å². The average Bonchev–Trinajstić information content (AvgIpc) is 2.52. The zero-order chi connectivity index (χ0) is 15.4. The highest BCUT2D eigenvalue weighted by molar-refractivity contribution is 5.97. The number of nitrogens with zero attached hydrogens (tertiary/aromatic N) is 4. The van der Waals surface area contributed by atoms with Crippen molar-refractivity contribution < 1.29 is 31.0 Å². The van der Waals surface area contributed by atoms with Gasteiger partial charge in [-0.15, -0.1) is 0 Å². The minimum atomic E-state index is 0. The van der Waals surface area contributed by atoms with E-state index in [9.17, 15) is 4.79 Å². The molecule has 130 valence electrons. The van der Waals surface area contributed by atoms with Crippen LogP contribution < -0.4 is 21.7 Å². The fraction of sp³-hybridized carbons (Fsp3) is 0.588. The predicted octanol–water partition coefficient (Wildman–Crippen LogP) is -2.29. The first-order valence-corrected chi connectivity index (χ1v) is 8.50. The third kappa shape index (κ3) is 2.78. The summed E-state index contributed by atoms with van der Waals surface area (Å²) in [6, 6.07) is 5.98. The molecule has 24 heavy (non-hydrogen) atoms. The molecule has 0 unspecified atom stereocenters. The zero-order valence-corrected chi connectivity index (χ0v) is 15.4. The van der Waals surface area contributed by atoms with E-state index in [-0.39, 0.29) is 22.8 Å². The van der Waals surface area contributed by atoms with Crippen LogP contribution in [0.2, 0.25) is 0 Å². The molecule has 1 aromatic rings. The summed E-state index contributed by atoms with van der Waals surface area (Å²) in [4.78, 5) is 20.2. The van der Waals surface area contributed by atoms with Gasteiger partial charge in [0.1, 0.15) is 32.3 Å². The molecule has 5 heterocycles. The molecule has 1 aromatic carbocycles. The lowest BCUT2D eigenvalue weighted by atomic mass is 10.0. The number of rotatable bonds is 3. The summed E-state index contributed by atoms with van der Waals surface area (Å²) < 4.78 is 6.52. The minimum absolute atomic E-state index is 0. The molecular weight excluding hydrogens is 372 g/mol. The highest BCUT2D eigenvalue weighted by Gasteiger charge is 2.49. The SMILES string of the molecule is O=C(C[N+]12CN3CN(CN(C3)C1)C2)c1ccc2c(c1)CCCO2.[Br-]. The quantitative estimate of drug-likeness (QED) is 0.426. The molecule has 4 bridgehead atoms. The molecule has 0 amide bonds. The van der Waals surface area contributed by atoms with Crippen LogP contribution in [0.5, 0.6) is 5.75 Å². The first kappa shape index (κ1) is 16.5. The Kier molecular flexibility index (Phi) is 4.17. The molecule has 4 fully saturated rings. The molecule has 6 rings (SSSR count). The standard InChI is InChI=1S/C17H23N4O2.BrH/c22-16(14-3-4-17-15(6-14)2-1-5-23-17)7-21-11-18-8-19(12-21)10-20(9-18)13-21;/h3-4,6H,1-2,5,7-13H2;1H/q+1;/p-1. The van der Waals surface area contributed by atoms with Crippen LogP contribution in [0.15, 0.2) is 18.2 Å². The van der Waals surface area contributed by atoms with Crippen LogP contribution in [0.25, 0.3) is 0 Å². The van der Waals surface area contributed by atoms with Gasteiger partial charge in [0.05, 0.1) is 26.6 Å². The maximum Gasteiger partial charge on any atom is 0.217 e. The Hall–Kier alpha value is -0.990. The number of carbonyl (C=O) groups excluding carboxylic acids is 1. The molecule has 5 aliphatic rings. The van der Waals surface area contributed by atoms with Gasteiger partial charge >= 0.3 is 0 Å². The van der Waals surface area contributed by atoms with Gasteiger partial charge < -0.3 is 21.7 Å². The number of halogens is 1. The Balaban J connectivity index is 0.00000146. The molecule has 6 nitrogen and oxygen atoms in total. The molecule has 4 saturated heterocycles. The van der Waals surface area contributed by atoms with Crippen LogP contribution in [-0.2, 0) is 6.42 Å². The van der Waals surface area contributed by atoms with Gasteiger partial charge in [-0.1, -0.05) is 0 Å². The van der Waals surface area contributed by atoms with Crippen molar-refractivity contribution >= 4 is 5.78 Å². The molecule has 0 radical (unpaired) electrons. The molecule has 7 heteroatoms. The van der Waals surface area contributed by atoms with E-state index in [2.05, 4.69) is 20.8 Å². The van der Waals surface area contributed by atoms with E-state index in [1.807, 2.05) is 12.1 Å². The average molecular weight is 395 g/mol. The van der Waals surface area contributed by atoms with Gasteiger partial charge in [0.2, 0.25) is 5.78 Å². The minimum Gasteiger partial charge on any atom is -1.00 e. The first-order valence-electron chi connectivity index (χ1n) is 8.50. The van der Waals surface area contributed by atoms with E-state index in [1.165, 1.54) is 5.56 Å². The smallest absolute Gasteiger partial charge is 0.217 e. The summed E-state index contributed by atoms with van der Waals surface area (Å²) in [7, 11) is 0. The lowest BCUT2D eigenvalue weighted by Gasteiger charge is -2.60. The van der Waals surface area contributed by atoms with Gasteiger partial charge in [0.15, 0.2) is 0 Å². The number of ketones is 1.